The predicted molar refractivity (Wildman–Crippen MR) is 91.7 cm³/mol. The summed E-state index contributed by atoms with van der Waals surface area (Å²) in [6.07, 6.45) is 6.25. The lowest BCUT2D eigenvalue weighted by molar-refractivity contribution is -0.115. The van der Waals surface area contributed by atoms with Gasteiger partial charge in [0.05, 0.1) is 18.6 Å². The zero-order chi connectivity index (χ0) is 16.7. The monoisotopic (exact) mass is 335 g/mol. The number of rotatable bonds is 8. The molecule has 2 amide bonds. The predicted octanol–water partition coefficient (Wildman–Crippen LogP) is 3.98. The van der Waals surface area contributed by atoms with Crippen LogP contribution in [-0.4, -0.2) is 24.9 Å². The molecule has 1 aliphatic rings. The number of benzene rings is 1. The third kappa shape index (κ3) is 5.03. The minimum absolute atomic E-state index is 0.347. The zero-order valence-corrected chi connectivity index (χ0v) is 14.2. The van der Waals surface area contributed by atoms with Crippen LogP contribution in [0.1, 0.15) is 38.2 Å². The lowest BCUT2D eigenvalue weighted by Gasteiger charge is -2.11. The number of methoxy groups -OCH3 is 1. The van der Waals surface area contributed by atoms with Crippen molar-refractivity contribution in [2.24, 2.45) is 0 Å². The lowest BCUT2D eigenvalue weighted by atomic mass is 10.2. The van der Waals surface area contributed by atoms with E-state index in [1.807, 2.05) is 12.1 Å². The van der Waals surface area contributed by atoms with Crippen LogP contribution in [0.25, 0.3) is 6.08 Å². The van der Waals surface area contributed by atoms with E-state index in [4.69, 9.17) is 9.47 Å². The van der Waals surface area contributed by atoms with Gasteiger partial charge in [-0.3, -0.25) is 14.9 Å². The third-order valence-electron chi connectivity index (χ3n) is 3.38. The summed E-state index contributed by atoms with van der Waals surface area (Å²) in [5.41, 5.74) is 0.785. The van der Waals surface area contributed by atoms with Crippen molar-refractivity contribution in [3.63, 3.8) is 0 Å². The van der Waals surface area contributed by atoms with Gasteiger partial charge in [-0.1, -0.05) is 32.3 Å². The maximum atomic E-state index is 11.6. The van der Waals surface area contributed by atoms with Gasteiger partial charge in [0.2, 0.25) is 0 Å². The van der Waals surface area contributed by atoms with Gasteiger partial charge in [-0.15, -0.1) is 0 Å². The summed E-state index contributed by atoms with van der Waals surface area (Å²) in [5, 5.41) is 1.89. The standard InChI is InChI=1S/C17H21NO4S/c1-3-4-5-6-9-22-13-8-7-12(10-14(13)21-2)11-15-16(19)18-17(20)23-15/h7-8,10-11H,3-6,9H2,1-2H3,(H,18,19,20)/b15-11-. The largest absolute Gasteiger partial charge is 0.493 e. The van der Waals surface area contributed by atoms with E-state index in [2.05, 4.69) is 12.2 Å². The number of hydrogen-bond acceptors (Lipinski definition) is 5. The number of nitrogens with one attached hydrogen (secondary N) is 1. The molecule has 0 spiro atoms. The number of ether oxygens (including phenoxy) is 2. The van der Waals surface area contributed by atoms with E-state index in [0.717, 1.165) is 30.2 Å². The number of unbranched alkanes of at least 4 members (excludes halogenated alkanes) is 3. The average Bonchev–Trinajstić information content (AvgIpc) is 2.85. The quantitative estimate of drug-likeness (QED) is 0.575. The molecule has 124 valence electrons. The molecule has 1 aromatic carbocycles. The molecule has 5 nitrogen and oxygen atoms in total. The van der Waals surface area contributed by atoms with Crippen molar-refractivity contribution in [2.75, 3.05) is 13.7 Å². The molecular weight excluding hydrogens is 314 g/mol. The number of carbonyl (C=O) groups excluding carboxylic acids is 2. The molecular formula is C17H21NO4S. The van der Waals surface area contributed by atoms with Crippen LogP contribution in [0.2, 0.25) is 0 Å². The van der Waals surface area contributed by atoms with Crippen molar-refractivity contribution >= 4 is 29.0 Å². The van der Waals surface area contributed by atoms with Crippen LogP contribution in [0.5, 0.6) is 11.5 Å². The molecule has 1 fully saturated rings. The summed E-state index contributed by atoms with van der Waals surface area (Å²) in [4.78, 5) is 23.1. The highest BCUT2D eigenvalue weighted by atomic mass is 32.2. The molecule has 0 aliphatic carbocycles. The first-order valence-corrected chi connectivity index (χ1v) is 8.51. The second-order valence-electron chi connectivity index (χ2n) is 5.17. The molecule has 23 heavy (non-hydrogen) atoms. The van der Waals surface area contributed by atoms with Crippen molar-refractivity contribution in [3.8, 4) is 11.5 Å². The van der Waals surface area contributed by atoms with Crippen molar-refractivity contribution in [2.45, 2.75) is 32.6 Å². The van der Waals surface area contributed by atoms with Crippen LogP contribution >= 0.6 is 11.8 Å². The molecule has 0 atom stereocenters. The van der Waals surface area contributed by atoms with E-state index in [-0.39, 0.29) is 11.1 Å². The SMILES string of the molecule is CCCCCCOc1ccc(/C=C2\SC(=O)NC2=O)cc1OC. The second kappa shape index (κ2) is 8.62. The average molecular weight is 335 g/mol. The topological polar surface area (TPSA) is 64.6 Å². The number of carbonyl (C=O) groups is 2. The molecule has 6 heteroatoms. The fraction of sp³-hybridized carbons (Fsp3) is 0.412. The van der Waals surface area contributed by atoms with Gasteiger partial charge in [0.1, 0.15) is 0 Å². The Morgan fingerprint density at radius 1 is 1.17 bits per heavy atom. The maximum absolute atomic E-state index is 11.6. The van der Waals surface area contributed by atoms with E-state index in [9.17, 15) is 9.59 Å². The fourth-order valence-electron chi connectivity index (χ4n) is 2.18. The Balaban J connectivity index is 2.03. The highest BCUT2D eigenvalue weighted by Gasteiger charge is 2.25. The lowest BCUT2D eigenvalue weighted by Crippen LogP contribution is -2.17. The molecule has 1 heterocycles. The van der Waals surface area contributed by atoms with Gasteiger partial charge in [-0.05, 0) is 42.0 Å². The van der Waals surface area contributed by atoms with Crippen LogP contribution in [0.15, 0.2) is 23.1 Å². The second-order valence-corrected chi connectivity index (χ2v) is 6.19. The van der Waals surface area contributed by atoms with Gasteiger partial charge < -0.3 is 9.47 Å². The zero-order valence-electron chi connectivity index (χ0n) is 13.4. The highest BCUT2D eigenvalue weighted by Crippen LogP contribution is 2.31. The number of amides is 2. The summed E-state index contributed by atoms with van der Waals surface area (Å²) in [7, 11) is 1.58. The van der Waals surface area contributed by atoms with Crippen LogP contribution in [0, 0.1) is 0 Å². The maximum Gasteiger partial charge on any atom is 0.290 e. The van der Waals surface area contributed by atoms with Crippen LogP contribution in [0.4, 0.5) is 4.79 Å². The smallest absolute Gasteiger partial charge is 0.290 e. The fourth-order valence-corrected chi connectivity index (χ4v) is 2.86. The Morgan fingerprint density at radius 2 is 2.00 bits per heavy atom. The third-order valence-corrected chi connectivity index (χ3v) is 4.19. The van der Waals surface area contributed by atoms with Crippen molar-refractivity contribution in [1.82, 2.24) is 5.32 Å². The van der Waals surface area contributed by atoms with Gasteiger partial charge in [-0.2, -0.15) is 0 Å². The number of thioether (sulfide) groups is 1. The number of hydrogen-bond donors (Lipinski definition) is 1. The molecule has 1 aromatic rings. The molecule has 1 N–H and O–H groups in total. The molecule has 0 saturated carbocycles. The molecule has 0 bridgehead atoms. The Morgan fingerprint density at radius 3 is 2.65 bits per heavy atom. The van der Waals surface area contributed by atoms with Gasteiger partial charge in [0.25, 0.3) is 11.1 Å². The summed E-state index contributed by atoms with van der Waals surface area (Å²) in [5.74, 6) is 0.936. The minimum Gasteiger partial charge on any atom is -0.493 e. The molecule has 2 rings (SSSR count). The van der Waals surface area contributed by atoms with E-state index < -0.39 is 0 Å². The van der Waals surface area contributed by atoms with Gasteiger partial charge >= 0.3 is 0 Å². The van der Waals surface area contributed by atoms with Crippen LogP contribution < -0.4 is 14.8 Å². The Bertz CT molecular complexity index is 613. The van der Waals surface area contributed by atoms with Crippen molar-refractivity contribution in [1.29, 1.82) is 0 Å². The van der Waals surface area contributed by atoms with Crippen molar-refractivity contribution in [3.05, 3.63) is 28.7 Å². The van der Waals surface area contributed by atoms with Crippen LogP contribution in [0.3, 0.4) is 0 Å². The first-order chi connectivity index (χ1) is 11.1. The Kier molecular flexibility index (Phi) is 6.52. The first kappa shape index (κ1) is 17.4. The van der Waals surface area contributed by atoms with Gasteiger partial charge in [0, 0.05) is 0 Å². The van der Waals surface area contributed by atoms with E-state index in [1.165, 1.54) is 12.8 Å². The molecule has 1 saturated heterocycles. The summed E-state index contributed by atoms with van der Waals surface area (Å²) in [6.45, 7) is 2.83. The minimum atomic E-state index is -0.366. The van der Waals surface area contributed by atoms with E-state index in [1.54, 1.807) is 19.3 Å². The van der Waals surface area contributed by atoms with Crippen molar-refractivity contribution < 1.29 is 19.1 Å². The van der Waals surface area contributed by atoms with E-state index >= 15 is 0 Å². The Hall–Kier alpha value is -1.95. The summed E-state index contributed by atoms with van der Waals surface area (Å²) >= 11 is 0.897. The molecule has 1 aliphatic heterocycles. The molecule has 0 aromatic heterocycles. The highest BCUT2D eigenvalue weighted by molar-refractivity contribution is 8.18. The van der Waals surface area contributed by atoms with Crippen LogP contribution in [-0.2, 0) is 4.79 Å². The molecule has 0 radical (unpaired) electrons. The van der Waals surface area contributed by atoms with Gasteiger partial charge in [-0.25, -0.2) is 0 Å². The van der Waals surface area contributed by atoms with E-state index in [0.29, 0.717) is 23.0 Å². The van der Waals surface area contributed by atoms with Gasteiger partial charge in [0.15, 0.2) is 11.5 Å². The summed E-state index contributed by atoms with van der Waals surface area (Å²) < 4.78 is 11.1. The normalized spacial score (nSPS) is 15.8. The first-order valence-electron chi connectivity index (χ1n) is 7.69. The number of imide groups is 1. The summed E-state index contributed by atoms with van der Waals surface area (Å²) in [6, 6.07) is 5.46. The Labute approximate surface area is 140 Å². The molecule has 0 unspecified atom stereocenters.